The fourth-order valence-electron chi connectivity index (χ4n) is 2.91. The number of hydrogen-bond donors (Lipinski definition) is 1. The third kappa shape index (κ3) is 7.02. The number of rotatable bonds is 10. The standard InChI is InChI=1S/C22H27FN2O3/c1-17(26)25(15-12-19-5-3-4-6-21(19)28-2)16-13-22(27)24-14-11-18-7-9-20(23)10-8-18/h3-10H,11-16H2,1-2H3,(H,24,27). The molecule has 0 fully saturated rings. The number of methoxy groups -OCH3 is 1. The van der Waals surface area contributed by atoms with Gasteiger partial charge in [-0.2, -0.15) is 0 Å². The smallest absolute Gasteiger partial charge is 0.221 e. The Hall–Kier alpha value is -2.89. The minimum atomic E-state index is -0.273. The molecule has 0 bridgehead atoms. The van der Waals surface area contributed by atoms with E-state index in [2.05, 4.69) is 5.32 Å². The molecule has 0 saturated carbocycles. The second-order valence-corrected chi connectivity index (χ2v) is 6.54. The van der Waals surface area contributed by atoms with Gasteiger partial charge in [0.2, 0.25) is 11.8 Å². The number of carbonyl (C=O) groups is 2. The summed E-state index contributed by atoms with van der Waals surface area (Å²) in [4.78, 5) is 25.6. The molecule has 0 spiro atoms. The van der Waals surface area contributed by atoms with E-state index in [9.17, 15) is 14.0 Å². The third-order valence-electron chi connectivity index (χ3n) is 4.55. The minimum Gasteiger partial charge on any atom is -0.496 e. The first-order valence-corrected chi connectivity index (χ1v) is 9.38. The Morgan fingerprint density at radius 1 is 1.04 bits per heavy atom. The van der Waals surface area contributed by atoms with Gasteiger partial charge < -0.3 is 15.0 Å². The van der Waals surface area contributed by atoms with Gasteiger partial charge in [0, 0.05) is 33.0 Å². The van der Waals surface area contributed by atoms with Crippen LogP contribution in [0.1, 0.15) is 24.5 Å². The summed E-state index contributed by atoms with van der Waals surface area (Å²) in [6.45, 7) is 2.88. The van der Waals surface area contributed by atoms with Crippen LogP contribution < -0.4 is 10.1 Å². The van der Waals surface area contributed by atoms with Crippen molar-refractivity contribution in [1.82, 2.24) is 10.2 Å². The van der Waals surface area contributed by atoms with Gasteiger partial charge in [0.05, 0.1) is 7.11 Å². The summed E-state index contributed by atoms with van der Waals surface area (Å²) in [5.74, 6) is 0.356. The molecule has 0 aliphatic heterocycles. The first-order chi connectivity index (χ1) is 13.5. The van der Waals surface area contributed by atoms with Crippen LogP contribution in [0, 0.1) is 5.82 Å². The lowest BCUT2D eigenvalue weighted by atomic mass is 10.1. The molecule has 0 saturated heterocycles. The molecule has 6 heteroatoms. The van der Waals surface area contributed by atoms with Gasteiger partial charge in [0.15, 0.2) is 0 Å². The number of carbonyl (C=O) groups excluding carboxylic acids is 2. The first-order valence-electron chi connectivity index (χ1n) is 9.38. The van der Waals surface area contributed by atoms with Gasteiger partial charge in [0.1, 0.15) is 11.6 Å². The molecule has 2 aromatic rings. The molecule has 2 aromatic carbocycles. The maximum absolute atomic E-state index is 12.9. The second kappa shape index (κ2) is 11.1. The van der Waals surface area contributed by atoms with Gasteiger partial charge in [-0.3, -0.25) is 9.59 Å². The molecule has 150 valence electrons. The predicted octanol–water partition coefficient (Wildman–Crippen LogP) is 2.97. The number of benzene rings is 2. The highest BCUT2D eigenvalue weighted by atomic mass is 19.1. The van der Waals surface area contributed by atoms with Gasteiger partial charge in [-0.05, 0) is 42.2 Å². The van der Waals surface area contributed by atoms with Crippen LogP contribution in [0.15, 0.2) is 48.5 Å². The molecular weight excluding hydrogens is 359 g/mol. The summed E-state index contributed by atoms with van der Waals surface area (Å²) in [5.41, 5.74) is 1.99. The van der Waals surface area contributed by atoms with Crippen molar-refractivity contribution in [2.24, 2.45) is 0 Å². The lowest BCUT2D eigenvalue weighted by molar-refractivity contribution is -0.129. The molecule has 1 N–H and O–H groups in total. The van der Waals surface area contributed by atoms with Crippen LogP contribution in [0.25, 0.3) is 0 Å². The number of nitrogens with zero attached hydrogens (tertiary/aromatic N) is 1. The molecule has 0 aromatic heterocycles. The number of para-hydroxylation sites is 1. The van der Waals surface area contributed by atoms with Crippen molar-refractivity contribution in [2.75, 3.05) is 26.7 Å². The summed E-state index contributed by atoms with van der Waals surface area (Å²) in [5, 5.41) is 2.84. The number of amides is 2. The third-order valence-corrected chi connectivity index (χ3v) is 4.55. The molecular formula is C22H27FN2O3. The van der Waals surface area contributed by atoms with Gasteiger partial charge in [0.25, 0.3) is 0 Å². The summed E-state index contributed by atoms with van der Waals surface area (Å²) >= 11 is 0. The molecule has 0 atom stereocenters. The van der Waals surface area contributed by atoms with E-state index in [1.54, 1.807) is 24.1 Å². The molecule has 2 rings (SSSR count). The Morgan fingerprint density at radius 3 is 2.43 bits per heavy atom. The van der Waals surface area contributed by atoms with E-state index in [1.165, 1.54) is 19.1 Å². The van der Waals surface area contributed by atoms with E-state index in [1.807, 2.05) is 24.3 Å². The minimum absolute atomic E-state index is 0.0611. The molecule has 0 radical (unpaired) electrons. The molecule has 28 heavy (non-hydrogen) atoms. The topological polar surface area (TPSA) is 58.6 Å². The quantitative estimate of drug-likeness (QED) is 0.683. The predicted molar refractivity (Wildman–Crippen MR) is 107 cm³/mol. The van der Waals surface area contributed by atoms with E-state index < -0.39 is 0 Å². The Morgan fingerprint density at radius 2 is 1.75 bits per heavy atom. The zero-order valence-corrected chi connectivity index (χ0v) is 16.4. The molecule has 5 nitrogen and oxygen atoms in total. The van der Waals surface area contributed by atoms with Crippen LogP contribution in [0.3, 0.4) is 0 Å². The zero-order valence-electron chi connectivity index (χ0n) is 16.4. The number of ether oxygens (including phenoxy) is 1. The van der Waals surface area contributed by atoms with Crippen LogP contribution in [0.4, 0.5) is 4.39 Å². The van der Waals surface area contributed by atoms with Crippen LogP contribution in [0.5, 0.6) is 5.75 Å². The molecule has 2 amide bonds. The van der Waals surface area contributed by atoms with Crippen molar-refractivity contribution in [3.8, 4) is 5.75 Å². The lowest BCUT2D eigenvalue weighted by Gasteiger charge is -2.21. The van der Waals surface area contributed by atoms with Crippen LogP contribution in [0.2, 0.25) is 0 Å². The fourth-order valence-corrected chi connectivity index (χ4v) is 2.91. The van der Waals surface area contributed by atoms with E-state index in [0.717, 1.165) is 16.9 Å². The van der Waals surface area contributed by atoms with Gasteiger partial charge in [-0.15, -0.1) is 0 Å². The Bertz CT molecular complexity index is 778. The number of halogens is 1. The van der Waals surface area contributed by atoms with E-state index in [0.29, 0.717) is 32.5 Å². The SMILES string of the molecule is COc1ccccc1CCN(CCC(=O)NCCc1ccc(F)cc1)C(C)=O. The highest BCUT2D eigenvalue weighted by Crippen LogP contribution is 2.18. The number of hydrogen-bond acceptors (Lipinski definition) is 3. The normalized spacial score (nSPS) is 10.4. The fraction of sp³-hybridized carbons (Fsp3) is 0.364. The largest absolute Gasteiger partial charge is 0.496 e. The Kier molecular flexibility index (Phi) is 8.46. The van der Waals surface area contributed by atoms with Gasteiger partial charge in [-0.1, -0.05) is 30.3 Å². The Balaban J connectivity index is 1.75. The zero-order chi connectivity index (χ0) is 20.4. The van der Waals surface area contributed by atoms with Crippen LogP contribution in [-0.4, -0.2) is 43.5 Å². The molecule has 0 aliphatic rings. The second-order valence-electron chi connectivity index (χ2n) is 6.54. The first kappa shape index (κ1) is 21.4. The van der Waals surface area contributed by atoms with E-state index in [-0.39, 0.29) is 24.1 Å². The summed E-state index contributed by atoms with van der Waals surface area (Å²) < 4.78 is 18.2. The van der Waals surface area contributed by atoms with Crippen molar-refractivity contribution in [3.05, 3.63) is 65.5 Å². The van der Waals surface area contributed by atoms with Crippen LogP contribution >= 0.6 is 0 Å². The van der Waals surface area contributed by atoms with E-state index in [4.69, 9.17) is 4.74 Å². The monoisotopic (exact) mass is 386 g/mol. The molecule has 0 heterocycles. The van der Waals surface area contributed by atoms with E-state index >= 15 is 0 Å². The summed E-state index contributed by atoms with van der Waals surface area (Å²) in [7, 11) is 1.62. The maximum Gasteiger partial charge on any atom is 0.221 e. The van der Waals surface area contributed by atoms with Crippen molar-refractivity contribution in [2.45, 2.75) is 26.2 Å². The number of nitrogens with one attached hydrogen (secondary N) is 1. The van der Waals surface area contributed by atoms with Crippen LogP contribution in [-0.2, 0) is 22.4 Å². The average Bonchev–Trinajstić information content (AvgIpc) is 2.69. The molecule has 0 aliphatic carbocycles. The summed E-state index contributed by atoms with van der Waals surface area (Å²) in [6, 6.07) is 13.9. The van der Waals surface area contributed by atoms with Crippen molar-refractivity contribution < 1.29 is 18.7 Å². The highest BCUT2D eigenvalue weighted by Gasteiger charge is 2.12. The van der Waals surface area contributed by atoms with Crippen molar-refractivity contribution in [1.29, 1.82) is 0 Å². The van der Waals surface area contributed by atoms with Crippen molar-refractivity contribution >= 4 is 11.8 Å². The maximum atomic E-state index is 12.9. The lowest BCUT2D eigenvalue weighted by Crippen LogP contribution is -2.35. The summed E-state index contributed by atoms with van der Waals surface area (Å²) in [6.07, 6.45) is 1.54. The average molecular weight is 386 g/mol. The molecule has 0 unspecified atom stereocenters. The Labute approximate surface area is 165 Å². The van der Waals surface area contributed by atoms with Gasteiger partial charge in [-0.25, -0.2) is 4.39 Å². The van der Waals surface area contributed by atoms with Gasteiger partial charge >= 0.3 is 0 Å². The van der Waals surface area contributed by atoms with Crippen molar-refractivity contribution in [3.63, 3.8) is 0 Å². The highest BCUT2D eigenvalue weighted by molar-refractivity contribution is 5.78.